The monoisotopic (exact) mass is 404 g/mol. The lowest BCUT2D eigenvalue weighted by Gasteiger charge is -2.34. The molecule has 0 atom stereocenters. The minimum atomic E-state index is -0.924. The Morgan fingerprint density at radius 2 is 2.07 bits per heavy atom. The molecule has 0 bridgehead atoms. The molecule has 2 fully saturated rings. The Bertz CT molecular complexity index is 847. The highest BCUT2D eigenvalue weighted by Gasteiger charge is 2.52. The summed E-state index contributed by atoms with van der Waals surface area (Å²) in [7, 11) is 1.37. The molecule has 10 nitrogen and oxygen atoms in total. The van der Waals surface area contributed by atoms with Gasteiger partial charge in [0, 0.05) is 12.1 Å². The molecule has 2 N–H and O–H groups in total. The average molecular weight is 404 g/mol. The lowest BCUT2D eigenvalue weighted by Crippen LogP contribution is -2.49. The van der Waals surface area contributed by atoms with E-state index in [1.54, 1.807) is 0 Å². The number of hydrogen-bond donors (Lipinski definition) is 2. The van der Waals surface area contributed by atoms with E-state index in [4.69, 9.17) is 4.74 Å². The molecule has 29 heavy (non-hydrogen) atoms. The Morgan fingerprint density at radius 3 is 2.66 bits per heavy atom. The molecular formula is C19H24N4O6. The molecule has 0 aromatic heterocycles. The number of ether oxygens (including phenoxy) is 1. The molecule has 0 unspecified atom stereocenters. The van der Waals surface area contributed by atoms with Crippen molar-refractivity contribution in [3.63, 3.8) is 0 Å². The minimum Gasteiger partial charge on any atom is -0.495 e. The summed E-state index contributed by atoms with van der Waals surface area (Å²) in [5.41, 5.74) is -1.05. The highest BCUT2D eigenvalue weighted by Crippen LogP contribution is 2.37. The van der Waals surface area contributed by atoms with Crippen LogP contribution in [0, 0.1) is 16.0 Å². The number of hydrogen-bond acceptors (Lipinski definition) is 6. The number of rotatable bonds is 6. The second-order valence-electron chi connectivity index (χ2n) is 7.45. The Morgan fingerprint density at radius 1 is 1.38 bits per heavy atom. The van der Waals surface area contributed by atoms with Crippen LogP contribution in [-0.2, 0) is 9.59 Å². The Labute approximate surface area is 167 Å². The quantitative estimate of drug-likeness (QED) is 0.425. The SMILES string of the molecule is CCC1CCC2(CC1)NC(=O)N(CC(=O)Nc1cc([N+](=O)[O-])ccc1OC)C2=O. The molecule has 3 rings (SSSR count). The normalized spacial score (nSPS) is 23.8. The molecule has 156 valence electrons. The van der Waals surface area contributed by atoms with E-state index in [0.717, 1.165) is 30.2 Å². The molecule has 1 aromatic carbocycles. The van der Waals surface area contributed by atoms with Crippen LogP contribution >= 0.6 is 0 Å². The summed E-state index contributed by atoms with van der Waals surface area (Å²) in [4.78, 5) is 49.0. The number of nitrogens with zero attached hydrogens (tertiary/aromatic N) is 2. The molecule has 1 heterocycles. The molecule has 1 saturated carbocycles. The summed E-state index contributed by atoms with van der Waals surface area (Å²) in [5, 5.41) is 16.2. The van der Waals surface area contributed by atoms with Gasteiger partial charge in [-0.1, -0.05) is 13.3 Å². The molecule has 4 amide bonds. The predicted molar refractivity (Wildman–Crippen MR) is 104 cm³/mol. The number of nitrogens with one attached hydrogen (secondary N) is 2. The Kier molecular flexibility index (Phi) is 5.71. The third-order valence-corrected chi connectivity index (χ3v) is 5.75. The van der Waals surface area contributed by atoms with Crippen molar-refractivity contribution >= 4 is 29.2 Å². The zero-order valence-electron chi connectivity index (χ0n) is 16.4. The molecule has 1 aromatic rings. The zero-order valence-corrected chi connectivity index (χ0v) is 16.4. The lowest BCUT2D eigenvalue weighted by molar-refractivity contribution is -0.384. The van der Waals surface area contributed by atoms with Gasteiger partial charge >= 0.3 is 6.03 Å². The molecule has 10 heteroatoms. The number of nitro groups is 1. The summed E-state index contributed by atoms with van der Waals surface area (Å²) in [6, 6.07) is 3.19. The number of amides is 4. The molecule has 1 aliphatic heterocycles. The smallest absolute Gasteiger partial charge is 0.325 e. The van der Waals surface area contributed by atoms with Gasteiger partial charge in [0.25, 0.3) is 11.6 Å². The predicted octanol–water partition coefficient (Wildman–Crippen LogP) is 2.43. The topological polar surface area (TPSA) is 131 Å². The van der Waals surface area contributed by atoms with Crippen LogP contribution in [0.2, 0.25) is 0 Å². The summed E-state index contributed by atoms with van der Waals surface area (Å²) >= 11 is 0. The van der Waals surface area contributed by atoms with Crippen molar-refractivity contribution in [1.29, 1.82) is 0 Å². The van der Waals surface area contributed by atoms with Gasteiger partial charge in [0.15, 0.2) is 0 Å². The third kappa shape index (κ3) is 4.01. The zero-order chi connectivity index (χ0) is 21.2. The van der Waals surface area contributed by atoms with Gasteiger partial charge in [-0.2, -0.15) is 0 Å². The molecule has 1 saturated heterocycles. The lowest BCUT2D eigenvalue weighted by atomic mass is 9.75. The van der Waals surface area contributed by atoms with Crippen LogP contribution in [-0.4, -0.2) is 46.9 Å². The first-order valence-electron chi connectivity index (χ1n) is 9.56. The van der Waals surface area contributed by atoms with Gasteiger partial charge in [-0.25, -0.2) is 4.79 Å². The van der Waals surface area contributed by atoms with Gasteiger partial charge in [-0.05, 0) is 37.7 Å². The van der Waals surface area contributed by atoms with Crippen LogP contribution < -0.4 is 15.4 Å². The van der Waals surface area contributed by atoms with Gasteiger partial charge in [0.2, 0.25) is 5.91 Å². The van der Waals surface area contributed by atoms with Gasteiger partial charge in [-0.15, -0.1) is 0 Å². The van der Waals surface area contributed by atoms with Crippen LogP contribution in [0.15, 0.2) is 18.2 Å². The minimum absolute atomic E-state index is 0.0944. The number of nitro benzene ring substituents is 1. The van der Waals surface area contributed by atoms with E-state index < -0.39 is 34.9 Å². The van der Waals surface area contributed by atoms with Crippen molar-refractivity contribution in [2.45, 2.75) is 44.6 Å². The van der Waals surface area contributed by atoms with E-state index in [1.807, 2.05) is 0 Å². The fraction of sp³-hybridized carbons (Fsp3) is 0.526. The standard InChI is InChI=1S/C19H24N4O6/c1-3-12-6-8-19(9-7-12)17(25)22(18(26)21-19)11-16(24)20-14-10-13(23(27)28)4-5-15(14)29-2/h4-5,10,12H,3,6-9,11H2,1-2H3,(H,20,24)(H,21,26). The van der Waals surface area contributed by atoms with Crippen LogP contribution in [0.1, 0.15) is 39.0 Å². The first kappa shape index (κ1) is 20.6. The molecule has 1 aliphatic carbocycles. The van der Waals surface area contributed by atoms with Crippen LogP contribution in [0.5, 0.6) is 5.75 Å². The van der Waals surface area contributed by atoms with E-state index in [9.17, 15) is 24.5 Å². The summed E-state index contributed by atoms with van der Waals surface area (Å²) < 4.78 is 5.11. The van der Waals surface area contributed by atoms with E-state index >= 15 is 0 Å². The third-order valence-electron chi connectivity index (χ3n) is 5.75. The second kappa shape index (κ2) is 8.06. The number of benzene rings is 1. The number of carbonyl (C=O) groups is 3. The fourth-order valence-corrected chi connectivity index (χ4v) is 3.98. The Balaban J connectivity index is 1.70. The average Bonchev–Trinajstić information content (AvgIpc) is 2.92. The highest BCUT2D eigenvalue weighted by atomic mass is 16.6. The Hall–Kier alpha value is -3.17. The maximum atomic E-state index is 12.9. The largest absolute Gasteiger partial charge is 0.495 e. The number of non-ortho nitro benzene ring substituents is 1. The van der Waals surface area contributed by atoms with E-state index in [2.05, 4.69) is 17.6 Å². The van der Waals surface area contributed by atoms with Crippen LogP contribution in [0.3, 0.4) is 0 Å². The van der Waals surface area contributed by atoms with Crippen molar-refractivity contribution in [2.24, 2.45) is 5.92 Å². The fourth-order valence-electron chi connectivity index (χ4n) is 3.98. The van der Waals surface area contributed by atoms with Gasteiger partial charge in [-0.3, -0.25) is 24.6 Å². The molecule has 0 radical (unpaired) electrons. The van der Waals surface area contributed by atoms with E-state index in [1.165, 1.54) is 19.2 Å². The number of urea groups is 1. The van der Waals surface area contributed by atoms with E-state index in [-0.39, 0.29) is 17.1 Å². The number of anilines is 1. The summed E-state index contributed by atoms with van der Waals surface area (Å²) in [5.74, 6) is -0.260. The number of carbonyl (C=O) groups excluding carboxylic acids is 3. The molecule has 2 aliphatic rings. The van der Waals surface area contributed by atoms with Crippen LogP contribution in [0.25, 0.3) is 0 Å². The molecular weight excluding hydrogens is 380 g/mol. The second-order valence-corrected chi connectivity index (χ2v) is 7.45. The maximum absolute atomic E-state index is 12.9. The van der Waals surface area contributed by atoms with Crippen molar-refractivity contribution < 1.29 is 24.0 Å². The van der Waals surface area contributed by atoms with Gasteiger partial charge in [0.05, 0.1) is 17.7 Å². The highest BCUT2D eigenvalue weighted by molar-refractivity contribution is 6.10. The van der Waals surface area contributed by atoms with Crippen molar-refractivity contribution in [1.82, 2.24) is 10.2 Å². The van der Waals surface area contributed by atoms with Gasteiger partial charge in [0.1, 0.15) is 17.8 Å². The maximum Gasteiger partial charge on any atom is 0.325 e. The first-order valence-corrected chi connectivity index (χ1v) is 9.56. The van der Waals surface area contributed by atoms with Crippen LogP contribution in [0.4, 0.5) is 16.2 Å². The van der Waals surface area contributed by atoms with Gasteiger partial charge < -0.3 is 15.4 Å². The number of methoxy groups -OCH3 is 1. The first-order chi connectivity index (χ1) is 13.8. The number of imide groups is 1. The van der Waals surface area contributed by atoms with E-state index in [0.29, 0.717) is 18.8 Å². The van der Waals surface area contributed by atoms with Crippen molar-refractivity contribution in [3.8, 4) is 5.75 Å². The van der Waals surface area contributed by atoms with Crippen molar-refractivity contribution in [3.05, 3.63) is 28.3 Å². The van der Waals surface area contributed by atoms with Crippen molar-refractivity contribution in [2.75, 3.05) is 19.0 Å². The summed E-state index contributed by atoms with van der Waals surface area (Å²) in [6.07, 6.45) is 3.87. The summed E-state index contributed by atoms with van der Waals surface area (Å²) in [6.45, 7) is 1.63. The molecule has 1 spiro atoms.